The van der Waals surface area contributed by atoms with Crippen LogP contribution in [0.1, 0.15) is 60.8 Å². The second-order valence-electron chi connectivity index (χ2n) is 10.5. The van der Waals surface area contributed by atoms with Gasteiger partial charge in [0.1, 0.15) is 12.2 Å². The van der Waals surface area contributed by atoms with Gasteiger partial charge in [-0.05, 0) is 57.6 Å². The van der Waals surface area contributed by atoms with Gasteiger partial charge in [-0.3, -0.25) is 14.4 Å². The molecule has 0 radical (unpaired) electrons. The van der Waals surface area contributed by atoms with Crippen LogP contribution in [0.25, 0.3) is 0 Å². The zero-order valence-electron chi connectivity index (χ0n) is 20.9. The smallest absolute Gasteiger partial charge is 0.333 e. The number of esters is 2. The third-order valence-corrected chi connectivity index (χ3v) is 8.34. The fourth-order valence-corrected chi connectivity index (χ4v) is 5.69. The molecule has 8 atom stereocenters. The van der Waals surface area contributed by atoms with Gasteiger partial charge in [-0.1, -0.05) is 32.6 Å². The Bertz CT molecular complexity index is 971. The van der Waals surface area contributed by atoms with E-state index in [0.717, 1.165) is 0 Å². The monoisotopic (exact) mass is 472 g/mol. The number of fused-ring (bicyclic) bond motifs is 3. The van der Waals surface area contributed by atoms with Crippen LogP contribution in [0.3, 0.4) is 0 Å². The molecule has 0 aromatic rings. The van der Waals surface area contributed by atoms with Crippen LogP contribution in [0.5, 0.6) is 0 Å². The van der Waals surface area contributed by atoms with E-state index in [1.807, 2.05) is 13.0 Å². The minimum absolute atomic E-state index is 0.127. The summed E-state index contributed by atoms with van der Waals surface area (Å²) in [5.74, 6) is -3.33. The molecule has 2 bridgehead atoms. The Hall–Kier alpha value is -2.54. The van der Waals surface area contributed by atoms with Gasteiger partial charge in [0.15, 0.2) is 11.6 Å². The number of hydrogen-bond acceptors (Lipinski definition) is 7. The van der Waals surface area contributed by atoms with Crippen LogP contribution in [0.2, 0.25) is 0 Å². The van der Waals surface area contributed by atoms with Gasteiger partial charge in [0.25, 0.3) is 0 Å². The van der Waals surface area contributed by atoms with Crippen molar-refractivity contribution in [2.45, 2.75) is 78.6 Å². The number of carbonyl (C=O) groups excluding carboxylic acids is 4. The largest absolute Gasteiger partial charge is 0.461 e. The Kier molecular flexibility index (Phi) is 7.09. The zero-order chi connectivity index (χ0) is 25.6. The molecule has 2 fully saturated rings. The molecule has 2 saturated carbocycles. The van der Waals surface area contributed by atoms with Crippen molar-refractivity contribution < 1.29 is 33.8 Å². The topological polar surface area (TPSA) is 107 Å². The Morgan fingerprint density at radius 1 is 1.32 bits per heavy atom. The molecule has 3 aliphatic carbocycles. The first kappa shape index (κ1) is 26.1. The van der Waals surface area contributed by atoms with E-state index in [1.54, 1.807) is 40.7 Å². The van der Waals surface area contributed by atoms with Crippen LogP contribution >= 0.6 is 0 Å². The standard InChI is InChI=1S/C27H36O7/c1-8-14(3)25(31)34-24-22-16(5)19(28)12-17(15(4)18-10-11-20(29)27(18,24)7)23(22)33-21(30)13-26(6,32)9-2/h8,10-11,15,17-18,22-24,32H,5,9,12-13H2,1-4,6-7H3/b14-8-/t15-,17-,18+,22-,23+,24+,26?,27+/m1/s1. The maximum atomic E-state index is 13.2. The Morgan fingerprint density at radius 2 is 1.97 bits per heavy atom. The number of Topliss-reactive ketones (excluding diaryl/α,β-unsaturated/α-hetero) is 1. The predicted octanol–water partition coefficient (Wildman–Crippen LogP) is 3.50. The number of aliphatic hydroxyl groups is 1. The molecule has 7 nitrogen and oxygen atoms in total. The fraction of sp³-hybridized carbons (Fsp3) is 0.630. The summed E-state index contributed by atoms with van der Waals surface area (Å²) >= 11 is 0. The minimum Gasteiger partial charge on any atom is -0.461 e. The molecule has 0 aromatic heterocycles. The quantitative estimate of drug-likeness (QED) is 0.466. The molecule has 0 saturated heterocycles. The summed E-state index contributed by atoms with van der Waals surface area (Å²) < 4.78 is 11.9. The summed E-state index contributed by atoms with van der Waals surface area (Å²) in [5.41, 5.74) is -1.80. The van der Waals surface area contributed by atoms with Crippen molar-refractivity contribution in [3.05, 3.63) is 36.0 Å². The molecule has 186 valence electrons. The normalized spacial score (nSPS) is 37.0. The maximum Gasteiger partial charge on any atom is 0.333 e. The van der Waals surface area contributed by atoms with E-state index < -0.39 is 41.1 Å². The van der Waals surface area contributed by atoms with Gasteiger partial charge in [0.05, 0.1) is 23.4 Å². The van der Waals surface area contributed by atoms with E-state index in [1.165, 1.54) is 6.08 Å². The molecule has 0 aromatic carbocycles. The molecule has 3 rings (SSSR count). The lowest BCUT2D eigenvalue weighted by atomic mass is 9.67. The highest BCUT2D eigenvalue weighted by molar-refractivity contribution is 6.01. The van der Waals surface area contributed by atoms with Crippen molar-refractivity contribution in [3.63, 3.8) is 0 Å². The van der Waals surface area contributed by atoms with Crippen molar-refractivity contribution in [1.82, 2.24) is 0 Å². The molecule has 0 aliphatic heterocycles. The SMILES string of the molecule is C=C1C(=O)C[C@@H]2[C@@H](C)[C@@H]3C=CC(=O)[C@@]3(C)[C@@H](OC(=O)/C(C)=C\C)[C@H]1[C@H]2OC(=O)CC(C)(O)CC. The number of hydrogen-bond donors (Lipinski definition) is 1. The van der Waals surface area contributed by atoms with Crippen LogP contribution in [0, 0.1) is 29.1 Å². The first-order valence-corrected chi connectivity index (χ1v) is 12.0. The number of allylic oxidation sites excluding steroid dienone is 3. The third-order valence-electron chi connectivity index (χ3n) is 8.34. The van der Waals surface area contributed by atoms with Crippen LogP contribution in [-0.4, -0.2) is 46.4 Å². The number of ketones is 2. The van der Waals surface area contributed by atoms with Crippen molar-refractivity contribution in [1.29, 1.82) is 0 Å². The Balaban J connectivity index is 2.12. The van der Waals surface area contributed by atoms with E-state index >= 15 is 0 Å². The first-order valence-electron chi connectivity index (χ1n) is 12.0. The van der Waals surface area contributed by atoms with Crippen molar-refractivity contribution >= 4 is 23.5 Å². The van der Waals surface area contributed by atoms with Crippen molar-refractivity contribution in [2.75, 3.05) is 0 Å². The highest BCUT2D eigenvalue weighted by Crippen LogP contribution is 2.57. The van der Waals surface area contributed by atoms with Gasteiger partial charge in [-0.25, -0.2) is 4.79 Å². The van der Waals surface area contributed by atoms with Gasteiger partial charge in [0, 0.05) is 17.9 Å². The first-order chi connectivity index (χ1) is 15.8. The third kappa shape index (κ3) is 4.30. The van der Waals surface area contributed by atoms with Crippen molar-refractivity contribution in [3.8, 4) is 0 Å². The lowest BCUT2D eigenvalue weighted by Gasteiger charge is -2.43. The van der Waals surface area contributed by atoms with Crippen LogP contribution < -0.4 is 0 Å². The molecule has 0 spiro atoms. The maximum absolute atomic E-state index is 13.2. The van der Waals surface area contributed by atoms with E-state index in [9.17, 15) is 24.3 Å². The van der Waals surface area contributed by atoms with Crippen molar-refractivity contribution in [2.24, 2.45) is 29.1 Å². The summed E-state index contributed by atoms with van der Waals surface area (Å²) in [6.07, 6.45) is 3.38. The highest BCUT2D eigenvalue weighted by Gasteiger charge is 2.64. The highest BCUT2D eigenvalue weighted by atomic mass is 16.6. The predicted molar refractivity (Wildman–Crippen MR) is 125 cm³/mol. The molecular formula is C27H36O7. The summed E-state index contributed by atoms with van der Waals surface area (Å²) in [4.78, 5) is 52.1. The van der Waals surface area contributed by atoms with E-state index in [-0.39, 0.29) is 47.7 Å². The molecule has 7 heteroatoms. The van der Waals surface area contributed by atoms with E-state index in [4.69, 9.17) is 9.47 Å². The number of ether oxygens (including phenoxy) is 2. The number of rotatable bonds is 6. The molecular weight excluding hydrogens is 436 g/mol. The second kappa shape index (κ2) is 9.25. The average Bonchev–Trinajstić information content (AvgIpc) is 3.06. The molecule has 3 aliphatic rings. The summed E-state index contributed by atoms with van der Waals surface area (Å²) in [5, 5.41) is 10.4. The molecule has 0 amide bonds. The van der Waals surface area contributed by atoms with Gasteiger partial charge in [0.2, 0.25) is 0 Å². The van der Waals surface area contributed by atoms with E-state index in [2.05, 4.69) is 6.58 Å². The van der Waals surface area contributed by atoms with Crippen LogP contribution in [-0.2, 0) is 28.7 Å². The summed E-state index contributed by atoms with van der Waals surface area (Å²) in [7, 11) is 0. The Morgan fingerprint density at radius 3 is 2.56 bits per heavy atom. The van der Waals surface area contributed by atoms with Gasteiger partial charge >= 0.3 is 11.9 Å². The molecule has 1 unspecified atom stereocenters. The minimum atomic E-state index is -1.23. The van der Waals surface area contributed by atoms with Gasteiger partial charge in [-0.2, -0.15) is 0 Å². The average molecular weight is 473 g/mol. The molecule has 34 heavy (non-hydrogen) atoms. The number of carbonyl (C=O) groups is 4. The summed E-state index contributed by atoms with van der Waals surface area (Å²) in [6.45, 7) is 14.4. The van der Waals surface area contributed by atoms with Crippen LogP contribution in [0.15, 0.2) is 36.0 Å². The molecule has 1 N–H and O–H groups in total. The van der Waals surface area contributed by atoms with Crippen LogP contribution in [0.4, 0.5) is 0 Å². The zero-order valence-corrected chi connectivity index (χ0v) is 20.9. The Labute approximate surface area is 201 Å². The van der Waals surface area contributed by atoms with E-state index in [0.29, 0.717) is 12.0 Å². The van der Waals surface area contributed by atoms with Gasteiger partial charge < -0.3 is 14.6 Å². The lowest BCUT2D eigenvalue weighted by molar-refractivity contribution is -0.173. The fourth-order valence-electron chi connectivity index (χ4n) is 5.69. The molecule has 0 heterocycles. The van der Waals surface area contributed by atoms with Gasteiger partial charge in [-0.15, -0.1) is 0 Å². The second-order valence-corrected chi connectivity index (χ2v) is 10.5. The lowest BCUT2D eigenvalue weighted by Crippen LogP contribution is -2.53. The summed E-state index contributed by atoms with van der Waals surface area (Å²) in [6, 6.07) is 0.